The van der Waals surface area contributed by atoms with E-state index in [0.29, 0.717) is 56.1 Å². The Morgan fingerprint density at radius 1 is 0.438 bits per heavy atom. The molecule has 0 saturated carbocycles. The van der Waals surface area contributed by atoms with E-state index in [2.05, 4.69) is 0 Å². The Kier molecular flexibility index (Phi) is 7.24. The van der Waals surface area contributed by atoms with Gasteiger partial charge in [-0.2, -0.15) is 0 Å². The number of imide groups is 2. The summed E-state index contributed by atoms with van der Waals surface area (Å²) in [6.45, 7) is 7.85. The first-order valence-corrected chi connectivity index (χ1v) is 15.9. The highest BCUT2D eigenvalue weighted by molar-refractivity contribution is 6.36. The van der Waals surface area contributed by atoms with E-state index in [9.17, 15) is 19.2 Å². The number of carbonyl (C=O) groups is 4. The lowest BCUT2D eigenvalue weighted by Gasteiger charge is -2.28. The van der Waals surface area contributed by atoms with Crippen molar-refractivity contribution in [3.8, 4) is 22.3 Å². The maximum atomic E-state index is 14.1. The molecule has 0 radical (unpaired) electrons. The summed E-state index contributed by atoms with van der Waals surface area (Å²) in [4.78, 5) is 58.3. The van der Waals surface area contributed by atoms with Gasteiger partial charge in [-0.3, -0.25) is 19.2 Å². The first-order valence-electron chi connectivity index (χ1n) is 15.9. The monoisotopic (exact) mass is 634 g/mol. The lowest BCUT2D eigenvalue weighted by Crippen LogP contribution is -2.33. The molecule has 5 aromatic carbocycles. The molecule has 0 spiro atoms. The number of nitrogens with zero attached hydrogens (tertiary/aromatic N) is 2. The van der Waals surface area contributed by atoms with Crippen molar-refractivity contribution in [3.05, 3.63) is 130 Å². The minimum atomic E-state index is -0.430. The van der Waals surface area contributed by atoms with Gasteiger partial charge in [-0.05, 0) is 106 Å². The molecule has 5 aromatic rings. The molecule has 7 rings (SSSR count). The van der Waals surface area contributed by atoms with Crippen LogP contribution in [0.4, 0.5) is 22.7 Å². The second-order valence-electron chi connectivity index (χ2n) is 12.9. The van der Waals surface area contributed by atoms with Crippen LogP contribution in [0.5, 0.6) is 0 Å². The Morgan fingerprint density at radius 2 is 0.792 bits per heavy atom. The highest BCUT2D eigenvalue weighted by Crippen LogP contribution is 2.44. The van der Waals surface area contributed by atoms with Crippen LogP contribution in [0.1, 0.15) is 92.1 Å². The van der Waals surface area contributed by atoms with Crippen molar-refractivity contribution < 1.29 is 19.2 Å². The lowest BCUT2D eigenvalue weighted by atomic mass is 9.90. The minimum Gasteiger partial charge on any atom is -0.399 e. The highest BCUT2D eigenvalue weighted by Gasteiger charge is 2.42. The fraction of sp³-hybridized carbons (Fsp3) is 0.150. The van der Waals surface area contributed by atoms with Crippen molar-refractivity contribution in [2.24, 2.45) is 0 Å². The number of hydrogen-bond donors (Lipinski definition) is 2. The van der Waals surface area contributed by atoms with Gasteiger partial charge in [-0.25, -0.2) is 9.80 Å². The molecule has 2 aliphatic heterocycles. The molecule has 0 unspecified atom stereocenters. The van der Waals surface area contributed by atoms with Crippen LogP contribution in [-0.2, 0) is 0 Å². The van der Waals surface area contributed by atoms with Crippen molar-refractivity contribution in [2.75, 3.05) is 21.3 Å². The number of amides is 4. The number of anilines is 4. The number of hydrogen-bond acceptors (Lipinski definition) is 6. The third-order valence-electron chi connectivity index (χ3n) is 9.14. The van der Waals surface area contributed by atoms with Crippen molar-refractivity contribution in [3.63, 3.8) is 0 Å². The van der Waals surface area contributed by atoms with E-state index in [1.54, 1.807) is 60.7 Å². The summed E-state index contributed by atoms with van der Waals surface area (Å²) in [7, 11) is 0. The van der Waals surface area contributed by atoms with Gasteiger partial charge in [0, 0.05) is 11.4 Å². The normalized spacial score (nSPS) is 14.0. The summed E-state index contributed by atoms with van der Waals surface area (Å²) < 4.78 is 0. The zero-order valence-electron chi connectivity index (χ0n) is 27.1. The van der Waals surface area contributed by atoms with Crippen LogP contribution < -0.4 is 21.3 Å². The number of benzene rings is 5. The molecule has 48 heavy (non-hydrogen) atoms. The Hall–Kier alpha value is -6.02. The molecule has 238 valence electrons. The number of carbonyl (C=O) groups excluding carboxylic acids is 4. The van der Waals surface area contributed by atoms with Crippen LogP contribution in [0.3, 0.4) is 0 Å². The van der Waals surface area contributed by atoms with E-state index in [0.717, 1.165) is 22.3 Å². The van der Waals surface area contributed by atoms with Crippen molar-refractivity contribution >= 4 is 46.4 Å². The van der Waals surface area contributed by atoms with E-state index in [1.165, 1.54) is 9.80 Å². The van der Waals surface area contributed by atoms with Crippen LogP contribution in [0.2, 0.25) is 0 Å². The molecule has 0 aromatic heterocycles. The van der Waals surface area contributed by atoms with Crippen molar-refractivity contribution in [1.82, 2.24) is 0 Å². The SMILES string of the molecule is CC(C)c1cc(N2C(=O)c3ccc(-c4ccc(N)cc4)cc3C2=O)cc(C(C)C)c1N1C(=O)c2ccc(-c3ccc(N)cc3)cc2C1=O. The van der Waals surface area contributed by atoms with E-state index >= 15 is 0 Å². The number of nitrogen functional groups attached to an aromatic ring is 2. The molecule has 2 aliphatic rings. The summed E-state index contributed by atoms with van der Waals surface area (Å²) in [5.74, 6) is -1.99. The van der Waals surface area contributed by atoms with Crippen LogP contribution >= 0.6 is 0 Å². The Labute approximate surface area is 278 Å². The van der Waals surface area contributed by atoms with E-state index < -0.39 is 23.6 Å². The molecule has 8 heteroatoms. The highest BCUT2D eigenvalue weighted by atomic mass is 16.2. The maximum absolute atomic E-state index is 14.1. The second-order valence-corrected chi connectivity index (χ2v) is 12.9. The third-order valence-corrected chi connectivity index (χ3v) is 9.14. The predicted molar refractivity (Wildman–Crippen MR) is 189 cm³/mol. The number of rotatable bonds is 6. The standard InChI is InChI=1S/C40H34N4O4/c1-21(2)32-19-29(43-37(45)30-15-9-25(17-34(30)39(43)47)23-5-11-27(41)12-6-23)20-33(22(3)4)36(32)44-38(46)31-16-10-26(18-35(31)40(44)48)24-7-13-28(42)14-8-24/h5-22H,41-42H2,1-4H3. The van der Waals surface area contributed by atoms with Crippen molar-refractivity contribution in [1.29, 1.82) is 0 Å². The zero-order chi connectivity index (χ0) is 34.0. The van der Waals surface area contributed by atoms with Gasteiger partial charge in [-0.1, -0.05) is 64.1 Å². The number of nitrogens with two attached hydrogens (primary N) is 2. The van der Waals surface area contributed by atoms with Crippen LogP contribution in [0.15, 0.2) is 97.1 Å². The molecule has 0 bridgehead atoms. The average Bonchev–Trinajstić information content (AvgIpc) is 3.47. The topological polar surface area (TPSA) is 127 Å². The predicted octanol–water partition coefficient (Wildman–Crippen LogP) is 8.03. The molecule has 4 amide bonds. The molecule has 0 atom stereocenters. The van der Waals surface area contributed by atoms with Gasteiger partial charge in [0.15, 0.2) is 0 Å². The molecular formula is C40H34N4O4. The van der Waals surface area contributed by atoms with Crippen LogP contribution in [0, 0.1) is 0 Å². The Morgan fingerprint density at radius 3 is 1.21 bits per heavy atom. The average molecular weight is 635 g/mol. The minimum absolute atomic E-state index is 0.153. The molecule has 0 fully saturated rings. The lowest BCUT2D eigenvalue weighted by molar-refractivity contribution is 0.0909. The first-order chi connectivity index (χ1) is 22.9. The first kappa shape index (κ1) is 30.6. The number of fused-ring (bicyclic) bond motifs is 2. The second kappa shape index (κ2) is 11.3. The zero-order valence-corrected chi connectivity index (χ0v) is 27.1. The largest absolute Gasteiger partial charge is 0.399 e. The molecule has 2 heterocycles. The van der Waals surface area contributed by atoms with Gasteiger partial charge in [-0.15, -0.1) is 0 Å². The van der Waals surface area contributed by atoms with Crippen LogP contribution in [0.25, 0.3) is 22.3 Å². The molecular weight excluding hydrogens is 600 g/mol. The summed E-state index contributed by atoms with van der Waals surface area (Å²) in [5, 5.41) is 0. The molecule has 0 aliphatic carbocycles. The quantitative estimate of drug-likeness (QED) is 0.144. The van der Waals surface area contributed by atoms with Gasteiger partial charge >= 0.3 is 0 Å². The molecule has 8 nitrogen and oxygen atoms in total. The summed E-state index contributed by atoms with van der Waals surface area (Å²) >= 11 is 0. The third kappa shape index (κ3) is 4.84. The van der Waals surface area contributed by atoms with Crippen LogP contribution in [-0.4, -0.2) is 23.6 Å². The van der Waals surface area contributed by atoms with Crippen molar-refractivity contribution in [2.45, 2.75) is 39.5 Å². The Balaban J connectivity index is 1.30. The smallest absolute Gasteiger partial charge is 0.266 e. The van der Waals surface area contributed by atoms with Gasteiger partial charge in [0.25, 0.3) is 23.6 Å². The maximum Gasteiger partial charge on any atom is 0.266 e. The summed E-state index contributed by atoms with van der Waals surface area (Å²) in [6.07, 6.45) is 0. The molecule has 4 N–H and O–H groups in total. The molecule has 0 saturated heterocycles. The van der Waals surface area contributed by atoms with Gasteiger partial charge < -0.3 is 11.5 Å². The van der Waals surface area contributed by atoms with Gasteiger partial charge in [0.2, 0.25) is 0 Å². The van der Waals surface area contributed by atoms with E-state index in [-0.39, 0.29) is 11.8 Å². The van der Waals surface area contributed by atoms with Gasteiger partial charge in [0.1, 0.15) is 0 Å². The summed E-state index contributed by atoms with van der Waals surface area (Å²) in [5.41, 5.74) is 19.9. The van der Waals surface area contributed by atoms with E-state index in [4.69, 9.17) is 11.5 Å². The fourth-order valence-corrected chi connectivity index (χ4v) is 6.56. The van der Waals surface area contributed by atoms with E-state index in [1.807, 2.05) is 64.1 Å². The Bertz CT molecular complexity index is 2150. The fourth-order valence-electron chi connectivity index (χ4n) is 6.56. The van der Waals surface area contributed by atoms with Gasteiger partial charge in [0.05, 0.1) is 33.6 Å². The summed E-state index contributed by atoms with van der Waals surface area (Å²) in [6, 6.07) is 28.7.